The first-order valence-corrected chi connectivity index (χ1v) is 4.31. The van der Waals surface area contributed by atoms with Crippen LogP contribution in [0.5, 0.6) is 0 Å². The van der Waals surface area contributed by atoms with Crippen molar-refractivity contribution in [1.82, 2.24) is 0 Å². The summed E-state index contributed by atoms with van der Waals surface area (Å²) in [7, 11) is 0. The van der Waals surface area contributed by atoms with Crippen molar-refractivity contribution in [3.05, 3.63) is 21.4 Å². The van der Waals surface area contributed by atoms with Crippen LogP contribution in [0.3, 0.4) is 0 Å². The number of hydrogen-bond acceptors (Lipinski definition) is 2. The Labute approximate surface area is 65.9 Å². The van der Waals surface area contributed by atoms with Gasteiger partial charge in [0, 0.05) is 9.75 Å². The van der Waals surface area contributed by atoms with E-state index < -0.39 is 0 Å². The van der Waals surface area contributed by atoms with Gasteiger partial charge in [0.1, 0.15) is 0 Å². The molecule has 56 valence electrons. The first kappa shape index (κ1) is 7.76. The molecule has 1 heterocycles. The molecule has 0 aliphatic heterocycles. The Morgan fingerprint density at radius 1 is 1.50 bits per heavy atom. The van der Waals surface area contributed by atoms with Gasteiger partial charge in [0.25, 0.3) is 0 Å². The second-order valence-corrected chi connectivity index (χ2v) is 3.94. The quantitative estimate of drug-likeness (QED) is 0.693. The number of aryl methyl sites for hydroxylation is 2. The lowest BCUT2D eigenvalue weighted by atomic mass is 10.2. The van der Waals surface area contributed by atoms with Crippen LogP contribution in [0.1, 0.15) is 15.3 Å². The molecule has 0 unspecified atom stereocenters. The summed E-state index contributed by atoms with van der Waals surface area (Å²) in [5, 5.41) is 0. The monoisotopic (exact) mass is 155 g/mol. The molecule has 0 aromatic carbocycles. The summed E-state index contributed by atoms with van der Waals surface area (Å²) in [5.74, 6) is 0. The zero-order valence-corrected chi connectivity index (χ0v) is 7.29. The van der Waals surface area contributed by atoms with Crippen LogP contribution in [0.25, 0.3) is 0 Å². The fraction of sp³-hybridized carbons (Fsp3) is 0.500. The second kappa shape index (κ2) is 3.17. The Morgan fingerprint density at radius 2 is 2.20 bits per heavy atom. The maximum absolute atomic E-state index is 5.44. The molecular formula is C8H13NS. The van der Waals surface area contributed by atoms with Crippen molar-refractivity contribution in [2.75, 3.05) is 6.54 Å². The van der Waals surface area contributed by atoms with E-state index in [1.54, 1.807) is 0 Å². The van der Waals surface area contributed by atoms with Crippen molar-refractivity contribution in [1.29, 1.82) is 0 Å². The molecule has 0 bridgehead atoms. The van der Waals surface area contributed by atoms with Gasteiger partial charge in [-0.3, -0.25) is 0 Å². The van der Waals surface area contributed by atoms with Crippen molar-refractivity contribution >= 4 is 11.3 Å². The summed E-state index contributed by atoms with van der Waals surface area (Å²) >= 11 is 1.85. The number of hydrogen-bond donors (Lipinski definition) is 1. The summed E-state index contributed by atoms with van der Waals surface area (Å²) in [6, 6.07) is 2.23. The summed E-state index contributed by atoms with van der Waals surface area (Å²) in [4.78, 5) is 2.81. The van der Waals surface area contributed by atoms with Crippen LogP contribution < -0.4 is 5.73 Å². The van der Waals surface area contributed by atoms with E-state index in [4.69, 9.17) is 5.73 Å². The average molecular weight is 155 g/mol. The largest absolute Gasteiger partial charge is 0.330 e. The highest BCUT2D eigenvalue weighted by molar-refractivity contribution is 7.12. The normalized spacial score (nSPS) is 10.3. The molecule has 0 fully saturated rings. The highest BCUT2D eigenvalue weighted by Crippen LogP contribution is 2.20. The number of rotatable bonds is 2. The van der Waals surface area contributed by atoms with Gasteiger partial charge in [0.05, 0.1) is 0 Å². The minimum Gasteiger partial charge on any atom is -0.330 e. The summed E-state index contributed by atoms with van der Waals surface area (Å²) in [6.45, 7) is 5.05. The highest BCUT2D eigenvalue weighted by atomic mass is 32.1. The molecule has 0 aliphatic carbocycles. The molecule has 0 saturated heterocycles. The lowest BCUT2D eigenvalue weighted by Crippen LogP contribution is -2.02. The zero-order valence-electron chi connectivity index (χ0n) is 6.48. The standard InChI is InChI=1S/C8H13NS/c1-6-5-8(3-4-9)7(2)10-6/h5H,3-4,9H2,1-2H3. The molecule has 0 aliphatic rings. The second-order valence-electron chi connectivity index (χ2n) is 2.48. The van der Waals surface area contributed by atoms with Gasteiger partial charge in [0.2, 0.25) is 0 Å². The van der Waals surface area contributed by atoms with Gasteiger partial charge < -0.3 is 5.73 Å². The molecule has 0 spiro atoms. The van der Waals surface area contributed by atoms with Gasteiger partial charge in [-0.15, -0.1) is 11.3 Å². The fourth-order valence-electron chi connectivity index (χ4n) is 1.09. The predicted octanol–water partition coefficient (Wildman–Crippen LogP) is 1.87. The number of thiophene rings is 1. The van der Waals surface area contributed by atoms with Crippen molar-refractivity contribution in [3.63, 3.8) is 0 Å². The summed E-state index contributed by atoms with van der Waals surface area (Å²) in [5.41, 5.74) is 6.86. The molecule has 1 aromatic heterocycles. The molecule has 10 heavy (non-hydrogen) atoms. The van der Waals surface area contributed by atoms with Crippen LogP contribution in [0.4, 0.5) is 0 Å². The van der Waals surface area contributed by atoms with E-state index in [0.29, 0.717) is 0 Å². The Balaban J connectivity index is 2.81. The van der Waals surface area contributed by atoms with E-state index in [1.807, 2.05) is 11.3 Å². The maximum Gasteiger partial charge on any atom is 0.00495 e. The molecule has 1 aromatic rings. The smallest absolute Gasteiger partial charge is 0.00495 e. The van der Waals surface area contributed by atoms with Gasteiger partial charge >= 0.3 is 0 Å². The molecule has 1 rings (SSSR count). The molecule has 0 radical (unpaired) electrons. The van der Waals surface area contributed by atoms with E-state index in [1.165, 1.54) is 15.3 Å². The van der Waals surface area contributed by atoms with E-state index in [0.717, 1.165) is 13.0 Å². The SMILES string of the molecule is Cc1cc(CCN)c(C)s1. The average Bonchev–Trinajstić information content (AvgIpc) is 2.13. The third-order valence-electron chi connectivity index (χ3n) is 1.56. The van der Waals surface area contributed by atoms with Crippen molar-refractivity contribution in [2.45, 2.75) is 20.3 Å². The molecule has 0 saturated carbocycles. The van der Waals surface area contributed by atoms with Gasteiger partial charge in [-0.1, -0.05) is 0 Å². The van der Waals surface area contributed by atoms with Crippen molar-refractivity contribution in [3.8, 4) is 0 Å². The van der Waals surface area contributed by atoms with Gasteiger partial charge in [-0.25, -0.2) is 0 Å². The first-order valence-electron chi connectivity index (χ1n) is 3.50. The maximum atomic E-state index is 5.44. The predicted molar refractivity (Wildman–Crippen MR) is 46.6 cm³/mol. The first-order chi connectivity index (χ1) is 4.74. The highest BCUT2D eigenvalue weighted by Gasteiger charge is 1.99. The van der Waals surface area contributed by atoms with E-state index in [9.17, 15) is 0 Å². The van der Waals surface area contributed by atoms with Gasteiger partial charge in [0.15, 0.2) is 0 Å². The minimum atomic E-state index is 0.761. The lowest BCUT2D eigenvalue weighted by molar-refractivity contribution is 0.966. The minimum absolute atomic E-state index is 0.761. The Morgan fingerprint density at radius 3 is 2.60 bits per heavy atom. The Kier molecular flexibility index (Phi) is 2.46. The van der Waals surface area contributed by atoms with E-state index in [2.05, 4.69) is 19.9 Å². The summed E-state index contributed by atoms with van der Waals surface area (Å²) < 4.78 is 0. The third kappa shape index (κ3) is 1.58. The zero-order chi connectivity index (χ0) is 7.56. The van der Waals surface area contributed by atoms with Crippen molar-refractivity contribution in [2.24, 2.45) is 5.73 Å². The van der Waals surface area contributed by atoms with E-state index in [-0.39, 0.29) is 0 Å². The van der Waals surface area contributed by atoms with Crippen LogP contribution >= 0.6 is 11.3 Å². The molecule has 2 heteroatoms. The molecule has 2 N–H and O–H groups in total. The lowest BCUT2D eigenvalue weighted by Gasteiger charge is -1.92. The van der Waals surface area contributed by atoms with Crippen LogP contribution in [-0.4, -0.2) is 6.54 Å². The van der Waals surface area contributed by atoms with Crippen molar-refractivity contribution < 1.29 is 0 Å². The van der Waals surface area contributed by atoms with Crippen LogP contribution in [0.15, 0.2) is 6.07 Å². The molecule has 0 atom stereocenters. The topological polar surface area (TPSA) is 26.0 Å². The third-order valence-corrected chi connectivity index (χ3v) is 2.57. The fourth-order valence-corrected chi connectivity index (χ4v) is 2.06. The molecule has 0 amide bonds. The van der Waals surface area contributed by atoms with Crippen LogP contribution in [-0.2, 0) is 6.42 Å². The van der Waals surface area contributed by atoms with Gasteiger partial charge in [-0.05, 0) is 38.4 Å². The summed E-state index contributed by atoms with van der Waals surface area (Å²) in [6.07, 6.45) is 1.02. The van der Waals surface area contributed by atoms with Crippen LogP contribution in [0.2, 0.25) is 0 Å². The van der Waals surface area contributed by atoms with Gasteiger partial charge in [-0.2, -0.15) is 0 Å². The van der Waals surface area contributed by atoms with Crippen LogP contribution in [0, 0.1) is 13.8 Å². The van der Waals surface area contributed by atoms with E-state index >= 15 is 0 Å². The Hall–Kier alpha value is -0.340. The number of nitrogens with two attached hydrogens (primary N) is 1. The Bertz CT molecular complexity index is 215. The molecule has 1 nitrogen and oxygen atoms in total. The molecular weight excluding hydrogens is 142 g/mol.